The van der Waals surface area contributed by atoms with Gasteiger partial charge in [0.05, 0.1) is 0 Å². The Balaban J connectivity index is 2.44. The van der Waals surface area contributed by atoms with Crippen LogP contribution in [0.3, 0.4) is 0 Å². The summed E-state index contributed by atoms with van der Waals surface area (Å²) in [5, 5.41) is 10.5. The maximum absolute atomic E-state index is 10.5. The van der Waals surface area contributed by atoms with Gasteiger partial charge in [-0.25, -0.2) is 5.11 Å². The molecule has 0 aliphatic heterocycles. The molecule has 1 aromatic carbocycles. The van der Waals surface area contributed by atoms with Gasteiger partial charge >= 0.3 is 0 Å². The quantitative estimate of drug-likeness (QED) is 0.548. The third kappa shape index (κ3) is 6.11. The molecule has 19 heavy (non-hydrogen) atoms. The van der Waals surface area contributed by atoms with Crippen LogP contribution in [0, 0.1) is 0 Å². The summed E-state index contributed by atoms with van der Waals surface area (Å²) in [4.78, 5) is 0. The van der Waals surface area contributed by atoms with Gasteiger partial charge in [0, 0.05) is 0 Å². The van der Waals surface area contributed by atoms with Crippen molar-refractivity contribution in [3.63, 3.8) is 0 Å². The van der Waals surface area contributed by atoms with E-state index in [1.54, 1.807) is 0 Å². The number of hydrogen-bond acceptors (Lipinski definition) is 1. The summed E-state index contributed by atoms with van der Waals surface area (Å²) in [6.07, 6.45) is 7.77. The standard InChI is InChI=1S/C17H27O2/c1-3-4-5-6-7-10-15(2)16-11-8-9-12-17(16)19-14-13-18/h8-9,11-12,15H,3-7,10,13-14H2,1-2H3. The van der Waals surface area contributed by atoms with E-state index in [0.717, 1.165) is 5.75 Å². The van der Waals surface area contributed by atoms with Gasteiger partial charge in [-0.2, -0.15) is 0 Å². The first-order valence-corrected chi connectivity index (χ1v) is 7.59. The Bertz CT molecular complexity index is 336. The Hall–Kier alpha value is -1.02. The first-order chi connectivity index (χ1) is 9.29. The van der Waals surface area contributed by atoms with Crippen molar-refractivity contribution in [2.75, 3.05) is 13.2 Å². The molecule has 1 aromatic rings. The van der Waals surface area contributed by atoms with E-state index in [-0.39, 0.29) is 13.2 Å². The molecular weight excluding hydrogens is 236 g/mol. The first kappa shape index (κ1) is 16.0. The highest BCUT2D eigenvalue weighted by Gasteiger charge is 2.10. The van der Waals surface area contributed by atoms with Gasteiger partial charge in [0.15, 0.2) is 0 Å². The van der Waals surface area contributed by atoms with Gasteiger partial charge < -0.3 is 4.74 Å². The van der Waals surface area contributed by atoms with Crippen molar-refractivity contribution in [1.29, 1.82) is 0 Å². The molecule has 0 fully saturated rings. The minimum absolute atomic E-state index is 0.181. The first-order valence-electron chi connectivity index (χ1n) is 7.59. The summed E-state index contributed by atoms with van der Waals surface area (Å²) in [5.74, 6) is 1.39. The molecule has 0 N–H and O–H groups in total. The molecule has 2 nitrogen and oxygen atoms in total. The molecule has 0 bridgehead atoms. The molecule has 1 rings (SSSR count). The summed E-state index contributed by atoms with van der Waals surface area (Å²) in [6.45, 7) is 4.57. The largest absolute Gasteiger partial charge is 0.491 e. The van der Waals surface area contributed by atoms with E-state index in [1.165, 1.54) is 44.1 Å². The van der Waals surface area contributed by atoms with Gasteiger partial charge in [0.2, 0.25) is 0 Å². The number of rotatable bonds is 10. The molecule has 107 valence electrons. The van der Waals surface area contributed by atoms with Crippen LogP contribution in [0.1, 0.15) is 63.9 Å². The van der Waals surface area contributed by atoms with Gasteiger partial charge in [-0.3, -0.25) is 0 Å². The van der Waals surface area contributed by atoms with Crippen LogP contribution in [0.4, 0.5) is 0 Å². The van der Waals surface area contributed by atoms with E-state index in [9.17, 15) is 5.11 Å². The summed E-state index contributed by atoms with van der Waals surface area (Å²) < 4.78 is 5.54. The lowest BCUT2D eigenvalue weighted by Crippen LogP contribution is -2.04. The van der Waals surface area contributed by atoms with Crippen LogP contribution >= 0.6 is 0 Å². The highest BCUT2D eigenvalue weighted by Crippen LogP contribution is 2.30. The molecule has 1 radical (unpaired) electrons. The van der Waals surface area contributed by atoms with E-state index in [4.69, 9.17) is 4.74 Å². The Morgan fingerprint density at radius 3 is 2.58 bits per heavy atom. The topological polar surface area (TPSA) is 29.1 Å². The molecule has 0 amide bonds. The highest BCUT2D eigenvalue weighted by atomic mass is 16.5. The summed E-state index contributed by atoms with van der Waals surface area (Å²) in [7, 11) is 0. The van der Waals surface area contributed by atoms with Crippen LogP contribution in [-0.4, -0.2) is 13.2 Å². The second kappa shape index (κ2) is 9.85. The van der Waals surface area contributed by atoms with Crippen LogP contribution < -0.4 is 4.74 Å². The van der Waals surface area contributed by atoms with Crippen molar-refractivity contribution in [3.05, 3.63) is 29.8 Å². The van der Waals surface area contributed by atoms with Crippen molar-refractivity contribution >= 4 is 0 Å². The zero-order valence-electron chi connectivity index (χ0n) is 12.4. The van der Waals surface area contributed by atoms with Gasteiger partial charge in [0.1, 0.15) is 19.0 Å². The average Bonchev–Trinajstić information content (AvgIpc) is 2.45. The lowest BCUT2D eigenvalue weighted by Gasteiger charge is -2.16. The van der Waals surface area contributed by atoms with Crippen LogP contribution in [0.5, 0.6) is 5.75 Å². The molecule has 2 heteroatoms. The zero-order chi connectivity index (χ0) is 13.9. The predicted molar refractivity (Wildman–Crippen MR) is 79.3 cm³/mol. The molecule has 0 saturated heterocycles. The average molecular weight is 263 g/mol. The fourth-order valence-electron chi connectivity index (χ4n) is 2.38. The van der Waals surface area contributed by atoms with Gasteiger partial charge in [-0.15, -0.1) is 0 Å². The maximum atomic E-state index is 10.5. The summed E-state index contributed by atoms with van der Waals surface area (Å²) in [5.41, 5.74) is 1.24. The smallest absolute Gasteiger partial charge is 0.122 e. The Morgan fingerprint density at radius 1 is 1.11 bits per heavy atom. The lowest BCUT2D eigenvalue weighted by molar-refractivity contribution is 0.137. The van der Waals surface area contributed by atoms with E-state index in [1.807, 2.05) is 18.2 Å². The van der Waals surface area contributed by atoms with Gasteiger partial charge in [0.25, 0.3) is 0 Å². The Labute approximate surface area is 117 Å². The monoisotopic (exact) mass is 263 g/mol. The van der Waals surface area contributed by atoms with Gasteiger partial charge in [-0.1, -0.05) is 64.2 Å². The molecule has 0 saturated carbocycles. The van der Waals surface area contributed by atoms with Crippen LogP contribution in [0.2, 0.25) is 0 Å². The Morgan fingerprint density at radius 2 is 1.84 bits per heavy atom. The van der Waals surface area contributed by atoms with Crippen LogP contribution in [-0.2, 0) is 5.11 Å². The molecular formula is C17H27O2. The molecule has 0 heterocycles. The predicted octanol–water partition coefficient (Wildman–Crippen LogP) is 4.96. The molecule has 0 spiro atoms. The third-order valence-electron chi connectivity index (χ3n) is 3.53. The molecule has 0 aliphatic rings. The number of hydrogen-bond donors (Lipinski definition) is 0. The van der Waals surface area contributed by atoms with Crippen molar-refractivity contribution in [2.24, 2.45) is 0 Å². The fourth-order valence-corrected chi connectivity index (χ4v) is 2.38. The van der Waals surface area contributed by atoms with Gasteiger partial charge in [-0.05, 0) is 24.0 Å². The van der Waals surface area contributed by atoms with Crippen LogP contribution in [0.25, 0.3) is 0 Å². The summed E-state index contributed by atoms with van der Waals surface area (Å²) in [6, 6.07) is 8.11. The highest BCUT2D eigenvalue weighted by molar-refractivity contribution is 5.35. The number of benzene rings is 1. The third-order valence-corrected chi connectivity index (χ3v) is 3.53. The van der Waals surface area contributed by atoms with E-state index in [2.05, 4.69) is 19.9 Å². The van der Waals surface area contributed by atoms with E-state index >= 15 is 0 Å². The fraction of sp³-hybridized carbons (Fsp3) is 0.647. The zero-order valence-corrected chi connectivity index (χ0v) is 12.4. The number of unbranched alkanes of at least 4 members (excludes halogenated alkanes) is 4. The van der Waals surface area contributed by atoms with Crippen molar-refractivity contribution in [1.82, 2.24) is 0 Å². The molecule has 0 aliphatic carbocycles. The van der Waals surface area contributed by atoms with Crippen molar-refractivity contribution in [2.45, 2.75) is 58.3 Å². The summed E-state index contributed by atoms with van der Waals surface area (Å²) >= 11 is 0. The molecule has 0 aromatic heterocycles. The lowest BCUT2D eigenvalue weighted by atomic mass is 9.94. The number of para-hydroxylation sites is 1. The van der Waals surface area contributed by atoms with Crippen molar-refractivity contribution in [3.8, 4) is 5.75 Å². The van der Waals surface area contributed by atoms with E-state index < -0.39 is 0 Å². The maximum Gasteiger partial charge on any atom is 0.122 e. The second-order valence-electron chi connectivity index (χ2n) is 5.19. The minimum atomic E-state index is -0.181. The van der Waals surface area contributed by atoms with E-state index in [0.29, 0.717) is 5.92 Å². The molecule has 1 unspecified atom stereocenters. The SMILES string of the molecule is CCCCCCCC(C)c1ccccc1OCC[O]. The van der Waals surface area contributed by atoms with Crippen LogP contribution in [0.15, 0.2) is 24.3 Å². The minimum Gasteiger partial charge on any atom is -0.491 e. The second-order valence-corrected chi connectivity index (χ2v) is 5.19. The Kier molecular flexibility index (Phi) is 8.31. The number of ether oxygens (including phenoxy) is 1. The van der Waals surface area contributed by atoms with Crippen molar-refractivity contribution < 1.29 is 9.84 Å². The normalized spacial score (nSPS) is 12.4. The molecule has 1 atom stereocenters.